The normalized spacial score (nSPS) is 12.5. The molecule has 1 rings (SSSR count). The molecule has 11 heavy (non-hydrogen) atoms. The Bertz CT molecular complexity index is 22.0. The lowest BCUT2D eigenvalue weighted by atomic mass is 10.4. The van der Waals surface area contributed by atoms with Gasteiger partial charge in [0.25, 0.3) is 0 Å². The summed E-state index contributed by atoms with van der Waals surface area (Å²) in [6.45, 7) is 2.00. The van der Waals surface area contributed by atoms with Crippen molar-refractivity contribution in [1.29, 1.82) is 0 Å². The minimum atomic E-state index is 1.00. The van der Waals surface area contributed by atoms with Crippen LogP contribution in [0.25, 0.3) is 0 Å². The number of hydrogen-bond acceptors (Lipinski definition) is 4. The smallest absolute Gasteiger partial charge is 0.0466 e. The Morgan fingerprint density at radius 1 is 0.727 bits per heavy atom. The largest absolute Gasteiger partial charge is 0.400 e. The van der Waals surface area contributed by atoms with Crippen molar-refractivity contribution >= 4 is 0 Å². The second kappa shape index (κ2) is 32.8. The molecule has 72 valence electrons. The summed E-state index contributed by atoms with van der Waals surface area (Å²) < 4.78 is 4.94. The van der Waals surface area contributed by atoms with Crippen molar-refractivity contribution in [3.63, 3.8) is 0 Å². The predicted molar refractivity (Wildman–Crippen MR) is 44.5 cm³/mol. The highest BCUT2D eigenvalue weighted by Crippen LogP contribution is 1.98. The Morgan fingerprint density at radius 2 is 1.00 bits per heavy atom. The molecule has 0 aromatic heterocycles. The minimum absolute atomic E-state index is 1.00. The van der Waals surface area contributed by atoms with E-state index in [4.69, 9.17) is 20.1 Å². The zero-order valence-corrected chi connectivity index (χ0v) is 7.58. The van der Waals surface area contributed by atoms with E-state index in [1.54, 1.807) is 0 Å². The number of hydrogen-bond donors (Lipinski definition) is 3. The van der Waals surface area contributed by atoms with E-state index in [-0.39, 0.29) is 0 Å². The van der Waals surface area contributed by atoms with Crippen LogP contribution < -0.4 is 0 Å². The third kappa shape index (κ3) is 25.8. The van der Waals surface area contributed by atoms with Gasteiger partial charge in [-0.15, -0.1) is 0 Å². The Balaban J connectivity index is -0.0000000933. The van der Waals surface area contributed by atoms with Crippen LogP contribution in [0.3, 0.4) is 0 Å². The molecular formula is C7H20O4. The van der Waals surface area contributed by atoms with Gasteiger partial charge in [0.1, 0.15) is 0 Å². The summed E-state index contributed by atoms with van der Waals surface area (Å²) in [6, 6.07) is 0. The van der Waals surface area contributed by atoms with Gasteiger partial charge in [-0.05, 0) is 12.8 Å². The molecule has 0 aromatic carbocycles. The first-order chi connectivity index (χ1) is 5.50. The maximum absolute atomic E-state index is 7.00. The van der Waals surface area contributed by atoms with Crippen LogP contribution in [0.4, 0.5) is 0 Å². The van der Waals surface area contributed by atoms with E-state index in [1.807, 2.05) is 0 Å². The molecular weight excluding hydrogens is 148 g/mol. The van der Waals surface area contributed by atoms with Crippen LogP contribution >= 0.6 is 0 Å². The fourth-order valence-corrected chi connectivity index (χ4v) is 0.510. The molecule has 3 N–H and O–H groups in total. The summed E-state index contributed by atoms with van der Waals surface area (Å²) in [5.41, 5.74) is 0. The van der Waals surface area contributed by atoms with Gasteiger partial charge in [0.05, 0.1) is 0 Å². The van der Waals surface area contributed by atoms with E-state index in [0.29, 0.717) is 0 Å². The van der Waals surface area contributed by atoms with Crippen molar-refractivity contribution in [3.8, 4) is 0 Å². The summed E-state index contributed by atoms with van der Waals surface area (Å²) in [4.78, 5) is 0. The molecule has 4 heteroatoms. The van der Waals surface area contributed by atoms with Crippen molar-refractivity contribution in [1.82, 2.24) is 0 Å². The number of aliphatic hydroxyl groups excluding tert-OH is 3. The maximum Gasteiger partial charge on any atom is 0.0466 e. The highest BCUT2D eigenvalue weighted by atomic mass is 16.5. The lowest BCUT2D eigenvalue weighted by molar-refractivity contribution is 0.198. The fourth-order valence-electron chi connectivity index (χ4n) is 0.510. The lowest BCUT2D eigenvalue weighted by Crippen LogP contribution is -1.74. The maximum atomic E-state index is 7.00. The van der Waals surface area contributed by atoms with Gasteiger partial charge in [0.15, 0.2) is 0 Å². The Hall–Kier alpha value is -0.160. The quantitative estimate of drug-likeness (QED) is 0.461. The Morgan fingerprint density at radius 3 is 1.09 bits per heavy atom. The van der Waals surface area contributed by atoms with Crippen LogP contribution in [0.5, 0.6) is 0 Å². The number of ether oxygens (including phenoxy) is 1. The Labute approximate surface area is 68.4 Å². The monoisotopic (exact) mass is 168 g/mol. The molecule has 1 aliphatic rings. The molecule has 0 aliphatic carbocycles. The van der Waals surface area contributed by atoms with E-state index >= 15 is 0 Å². The zero-order chi connectivity index (χ0) is 9.54. The molecule has 1 saturated heterocycles. The van der Waals surface area contributed by atoms with Gasteiger partial charge in [0, 0.05) is 34.5 Å². The van der Waals surface area contributed by atoms with Crippen molar-refractivity contribution in [2.24, 2.45) is 0 Å². The van der Waals surface area contributed by atoms with Crippen molar-refractivity contribution in [2.45, 2.75) is 12.8 Å². The van der Waals surface area contributed by atoms with Crippen molar-refractivity contribution in [2.75, 3.05) is 34.5 Å². The Kier molecular flexibility index (Phi) is 51.0. The molecule has 1 heterocycles. The van der Waals surface area contributed by atoms with Crippen LogP contribution in [0, 0.1) is 0 Å². The first-order valence-electron chi connectivity index (χ1n) is 3.42. The average Bonchev–Trinajstić information content (AvgIpc) is 2.71. The van der Waals surface area contributed by atoms with Gasteiger partial charge < -0.3 is 20.1 Å². The summed E-state index contributed by atoms with van der Waals surface area (Å²) in [6.07, 6.45) is 2.56. The van der Waals surface area contributed by atoms with Crippen molar-refractivity contribution in [3.05, 3.63) is 0 Å². The van der Waals surface area contributed by atoms with Crippen LogP contribution in [0.1, 0.15) is 12.8 Å². The first-order valence-corrected chi connectivity index (χ1v) is 3.42. The average molecular weight is 168 g/mol. The third-order valence-electron chi connectivity index (χ3n) is 0.827. The van der Waals surface area contributed by atoms with E-state index in [9.17, 15) is 0 Å². The number of aliphatic hydroxyl groups is 3. The molecule has 0 atom stereocenters. The second-order valence-electron chi connectivity index (χ2n) is 1.32. The minimum Gasteiger partial charge on any atom is -0.400 e. The summed E-state index contributed by atoms with van der Waals surface area (Å²) >= 11 is 0. The van der Waals surface area contributed by atoms with E-state index in [0.717, 1.165) is 34.5 Å². The van der Waals surface area contributed by atoms with E-state index < -0.39 is 0 Å². The SMILES string of the molecule is C1CCOC1.CO.CO.CO. The lowest BCUT2D eigenvalue weighted by Gasteiger charge is -1.76. The zero-order valence-electron chi connectivity index (χ0n) is 7.58. The second-order valence-corrected chi connectivity index (χ2v) is 1.32. The topological polar surface area (TPSA) is 69.9 Å². The summed E-state index contributed by atoms with van der Waals surface area (Å²) in [7, 11) is 3.00. The predicted octanol–water partition coefficient (Wildman–Crippen LogP) is -0.378. The molecule has 1 aliphatic heterocycles. The molecule has 0 bridgehead atoms. The molecule has 0 spiro atoms. The van der Waals surface area contributed by atoms with Gasteiger partial charge in [0.2, 0.25) is 0 Å². The summed E-state index contributed by atoms with van der Waals surface area (Å²) in [5, 5.41) is 21.0. The van der Waals surface area contributed by atoms with Gasteiger partial charge in [-0.25, -0.2) is 0 Å². The highest BCUT2D eigenvalue weighted by molar-refractivity contribution is 4.43. The third-order valence-corrected chi connectivity index (χ3v) is 0.827. The highest BCUT2D eigenvalue weighted by Gasteiger charge is 1.94. The van der Waals surface area contributed by atoms with E-state index in [1.165, 1.54) is 12.8 Å². The van der Waals surface area contributed by atoms with Gasteiger partial charge in [-0.3, -0.25) is 0 Å². The van der Waals surface area contributed by atoms with Gasteiger partial charge in [-0.1, -0.05) is 0 Å². The van der Waals surface area contributed by atoms with Crippen LogP contribution in [0.2, 0.25) is 0 Å². The fraction of sp³-hybridized carbons (Fsp3) is 1.00. The molecule has 0 amide bonds. The molecule has 0 saturated carbocycles. The molecule has 0 aromatic rings. The molecule has 4 nitrogen and oxygen atoms in total. The van der Waals surface area contributed by atoms with Gasteiger partial charge >= 0.3 is 0 Å². The first kappa shape index (κ1) is 17.1. The molecule has 1 fully saturated rings. The van der Waals surface area contributed by atoms with Crippen molar-refractivity contribution < 1.29 is 20.1 Å². The van der Waals surface area contributed by atoms with Gasteiger partial charge in [-0.2, -0.15) is 0 Å². The van der Waals surface area contributed by atoms with E-state index in [2.05, 4.69) is 0 Å². The van der Waals surface area contributed by atoms with Crippen LogP contribution in [-0.4, -0.2) is 49.9 Å². The number of rotatable bonds is 0. The standard InChI is InChI=1S/C4H8O.3CH4O/c1-2-4-5-3-1;3*1-2/h1-4H2;3*2H,1H3. The molecule has 0 unspecified atom stereocenters. The summed E-state index contributed by atoms with van der Waals surface area (Å²) in [5.74, 6) is 0. The molecule has 0 radical (unpaired) electrons. The van der Waals surface area contributed by atoms with Crippen LogP contribution in [0.15, 0.2) is 0 Å². The van der Waals surface area contributed by atoms with Crippen LogP contribution in [-0.2, 0) is 4.74 Å².